The smallest absolute Gasteiger partial charge is 0.254 e. The van der Waals surface area contributed by atoms with Crippen molar-refractivity contribution < 1.29 is 9.32 Å². The average Bonchev–Trinajstić information content (AvgIpc) is 3.15. The van der Waals surface area contributed by atoms with Gasteiger partial charge >= 0.3 is 0 Å². The fourth-order valence-electron chi connectivity index (χ4n) is 3.91. The molecule has 3 aromatic rings. The first-order valence-electron chi connectivity index (χ1n) is 11.3. The van der Waals surface area contributed by atoms with Crippen molar-refractivity contribution in [3.8, 4) is 0 Å². The predicted octanol–water partition coefficient (Wildman–Crippen LogP) is 3.66. The SMILES string of the molecule is Cc1noc(C)c1CSc1ncccc1C(=O)NCc1cccc(CN2CCN(C)CC2)c1. The number of aryl methyl sites for hydroxylation is 2. The van der Waals surface area contributed by atoms with Crippen LogP contribution in [0.3, 0.4) is 0 Å². The van der Waals surface area contributed by atoms with Gasteiger partial charge < -0.3 is 14.7 Å². The summed E-state index contributed by atoms with van der Waals surface area (Å²) in [5.74, 6) is 1.35. The van der Waals surface area contributed by atoms with Crippen molar-refractivity contribution in [2.24, 2.45) is 0 Å². The number of piperazine rings is 1. The number of carbonyl (C=O) groups excluding carboxylic acids is 1. The van der Waals surface area contributed by atoms with E-state index in [2.05, 4.69) is 56.6 Å². The Bertz CT molecular complexity index is 1070. The molecule has 3 heterocycles. The van der Waals surface area contributed by atoms with E-state index in [1.54, 1.807) is 12.3 Å². The average molecular weight is 466 g/mol. The molecular formula is C25H31N5O2S. The highest BCUT2D eigenvalue weighted by Gasteiger charge is 2.16. The van der Waals surface area contributed by atoms with Crippen molar-refractivity contribution in [1.82, 2.24) is 25.3 Å². The van der Waals surface area contributed by atoms with Crippen molar-refractivity contribution >= 4 is 17.7 Å². The van der Waals surface area contributed by atoms with Crippen LogP contribution in [0.15, 0.2) is 52.1 Å². The maximum atomic E-state index is 13.0. The van der Waals surface area contributed by atoms with Gasteiger partial charge in [-0.2, -0.15) is 0 Å². The maximum Gasteiger partial charge on any atom is 0.254 e. The van der Waals surface area contributed by atoms with E-state index in [-0.39, 0.29) is 5.91 Å². The highest BCUT2D eigenvalue weighted by Crippen LogP contribution is 2.27. The van der Waals surface area contributed by atoms with E-state index >= 15 is 0 Å². The number of benzene rings is 1. The van der Waals surface area contributed by atoms with E-state index in [0.29, 0.717) is 22.9 Å². The van der Waals surface area contributed by atoms with E-state index < -0.39 is 0 Å². The topological polar surface area (TPSA) is 74.5 Å². The van der Waals surface area contributed by atoms with Gasteiger partial charge in [0.05, 0.1) is 11.3 Å². The van der Waals surface area contributed by atoms with Gasteiger partial charge in [-0.15, -0.1) is 11.8 Å². The van der Waals surface area contributed by atoms with Gasteiger partial charge in [0.25, 0.3) is 5.91 Å². The minimum Gasteiger partial charge on any atom is -0.361 e. The molecule has 1 fully saturated rings. The van der Waals surface area contributed by atoms with Crippen LogP contribution < -0.4 is 5.32 Å². The summed E-state index contributed by atoms with van der Waals surface area (Å²) in [6.07, 6.45) is 1.72. The first-order chi connectivity index (χ1) is 16.0. The summed E-state index contributed by atoms with van der Waals surface area (Å²) in [6.45, 7) is 9.66. The molecular weight excluding hydrogens is 434 g/mol. The number of rotatable bonds is 8. The first-order valence-corrected chi connectivity index (χ1v) is 12.2. The Kier molecular flexibility index (Phi) is 7.80. The van der Waals surface area contributed by atoms with Gasteiger partial charge in [0.15, 0.2) is 0 Å². The third-order valence-corrected chi connectivity index (χ3v) is 7.03. The fourth-order valence-corrected chi connectivity index (χ4v) is 5.05. The van der Waals surface area contributed by atoms with Crippen LogP contribution in [-0.4, -0.2) is 59.1 Å². The molecule has 174 valence electrons. The molecule has 1 saturated heterocycles. The Morgan fingerprint density at radius 1 is 1.12 bits per heavy atom. The van der Waals surface area contributed by atoms with Crippen molar-refractivity contribution in [3.63, 3.8) is 0 Å². The Morgan fingerprint density at radius 2 is 1.91 bits per heavy atom. The number of nitrogens with zero attached hydrogens (tertiary/aromatic N) is 4. The van der Waals surface area contributed by atoms with Gasteiger partial charge in [-0.3, -0.25) is 9.69 Å². The molecule has 4 rings (SSSR count). The minimum absolute atomic E-state index is 0.117. The minimum atomic E-state index is -0.117. The number of nitrogens with one attached hydrogen (secondary N) is 1. The number of pyridine rings is 1. The second-order valence-corrected chi connectivity index (χ2v) is 9.49. The highest BCUT2D eigenvalue weighted by molar-refractivity contribution is 7.98. The Morgan fingerprint density at radius 3 is 2.67 bits per heavy atom. The standard InChI is InChI=1S/C25H31N5O2S/c1-18-23(19(2)32-28-18)17-33-25-22(8-5-9-26-25)24(31)27-15-20-6-4-7-21(14-20)16-30-12-10-29(3)11-13-30/h4-9,14H,10-13,15-17H2,1-3H3,(H,27,31). The summed E-state index contributed by atoms with van der Waals surface area (Å²) in [6, 6.07) is 12.1. The number of carbonyl (C=O) groups is 1. The molecule has 0 saturated carbocycles. The van der Waals surface area contributed by atoms with Gasteiger partial charge in [0, 0.05) is 56.8 Å². The molecule has 1 N–H and O–H groups in total. The molecule has 2 aromatic heterocycles. The van der Waals surface area contributed by atoms with Crippen molar-refractivity contribution in [3.05, 3.63) is 76.3 Å². The molecule has 0 radical (unpaired) electrons. The summed E-state index contributed by atoms with van der Waals surface area (Å²) in [5, 5.41) is 7.78. The van der Waals surface area contributed by atoms with Crippen molar-refractivity contribution in [1.29, 1.82) is 0 Å². The van der Waals surface area contributed by atoms with Gasteiger partial charge in [0.1, 0.15) is 10.8 Å². The van der Waals surface area contributed by atoms with Gasteiger partial charge in [-0.1, -0.05) is 29.4 Å². The lowest BCUT2D eigenvalue weighted by Gasteiger charge is -2.32. The van der Waals surface area contributed by atoms with E-state index in [1.807, 2.05) is 19.9 Å². The van der Waals surface area contributed by atoms with E-state index in [1.165, 1.54) is 17.3 Å². The highest BCUT2D eigenvalue weighted by atomic mass is 32.2. The molecule has 0 spiro atoms. The monoisotopic (exact) mass is 465 g/mol. The van der Waals surface area contributed by atoms with Crippen LogP contribution in [0.5, 0.6) is 0 Å². The first kappa shape index (κ1) is 23.5. The second kappa shape index (κ2) is 11.0. The number of amides is 1. The van der Waals surface area contributed by atoms with Crippen LogP contribution in [0, 0.1) is 13.8 Å². The van der Waals surface area contributed by atoms with Crippen LogP contribution in [0.2, 0.25) is 0 Å². The van der Waals surface area contributed by atoms with Gasteiger partial charge in [0.2, 0.25) is 0 Å². The number of thioether (sulfide) groups is 1. The molecule has 7 nitrogen and oxygen atoms in total. The largest absolute Gasteiger partial charge is 0.361 e. The fraction of sp³-hybridized carbons (Fsp3) is 0.400. The molecule has 1 aliphatic rings. The molecule has 0 bridgehead atoms. The van der Waals surface area contributed by atoms with Crippen LogP contribution in [0.25, 0.3) is 0 Å². The van der Waals surface area contributed by atoms with Crippen LogP contribution >= 0.6 is 11.8 Å². The third kappa shape index (κ3) is 6.22. The molecule has 33 heavy (non-hydrogen) atoms. The Balaban J connectivity index is 1.35. The lowest BCUT2D eigenvalue weighted by Crippen LogP contribution is -2.43. The lowest BCUT2D eigenvalue weighted by atomic mass is 10.1. The normalized spacial score (nSPS) is 15.0. The third-order valence-electron chi connectivity index (χ3n) is 6.00. The molecule has 1 aliphatic heterocycles. The summed E-state index contributed by atoms with van der Waals surface area (Å²) < 4.78 is 5.24. The number of hydrogen-bond acceptors (Lipinski definition) is 7. The molecule has 1 amide bonds. The summed E-state index contributed by atoms with van der Waals surface area (Å²) >= 11 is 1.52. The van der Waals surface area contributed by atoms with Crippen molar-refractivity contribution in [2.75, 3.05) is 33.2 Å². The van der Waals surface area contributed by atoms with Gasteiger partial charge in [-0.05, 0) is 44.2 Å². The zero-order chi connectivity index (χ0) is 23.2. The zero-order valence-electron chi connectivity index (χ0n) is 19.5. The molecule has 0 atom stereocenters. The second-order valence-electron chi connectivity index (χ2n) is 8.53. The Hall–Kier alpha value is -2.68. The summed E-state index contributed by atoms with van der Waals surface area (Å²) in [5.41, 5.74) is 4.89. The quantitative estimate of drug-likeness (QED) is 0.509. The van der Waals surface area contributed by atoms with E-state index in [4.69, 9.17) is 4.52 Å². The maximum absolute atomic E-state index is 13.0. The molecule has 0 unspecified atom stereocenters. The molecule has 0 aliphatic carbocycles. The number of hydrogen-bond donors (Lipinski definition) is 1. The van der Waals surface area contributed by atoms with E-state index in [0.717, 1.165) is 55.3 Å². The predicted molar refractivity (Wildman–Crippen MR) is 130 cm³/mol. The summed E-state index contributed by atoms with van der Waals surface area (Å²) in [7, 11) is 2.17. The molecule has 1 aromatic carbocycles. The summed E-state index contributed by atoms with van der Waals surface area (Å²) in [4.78, 5) is 22.2. The molecule has 8 heteroatoms. The zero-order valence-corrected chi connectivity index (χ0v) is 20.3. The van der Waals surface area contributed by atoms with Crippen LogP contribution in [0.4, 0.5) is 0 Å². The van der Waals surface area contributed by atoms with Crippen LogP contribution in [-0.2, 0) is 18.8 Å². The van der Waals surface area contributed by atoms with Crippen molar-refractivity contribution in [2.45, 2.75) is 37.7 Å². The van der Waals surface area contributed by atoms with Gasteiger partial charge in [-0.25, -0.2) is 4.98 Å². The number of likely N-dealkylation sites (N-methyl/N-ethyl adjacent to an activating group) is 1. The Labute approximate surface area is 199 Å². The van der Waals surface area contributed by atoms with Crippen LogP contribution in [0.1, 0.15) is 38.5 Å². The lowest BCUT2D eigenvalue weighted by molar-refractivity contribution is 0.0947. The number of aromatic nitrogens is 2. The van der Waals surface area contributed by atoms with E-state index in [9.17, 15) is 4.79 Å².